The zero-order chi connectivity index (χ0) is 16.4. The van der Waals surface area contributed by atoms with Crippen LogP contribution in [0.1, 0.15) is 26.7 Å². The molecule has 0 radical (unpaired) electrons. The molecule has 23 heavy (non-hydrogen) atoms. The van der Waals surface area contributed by atoms with Gasteiger partial charge in [0.15, 0.2) is 11.5 Å². The summed E-state index contributed by atoms with van der Waals surface area (Å²) in [6, 6.07) is 4.34. The van der Waals surface area contributed by atoms with E-state index in [-0.39, 0.29) is 23.4 Å². The lowest BCUT2D eigenvalue weighted by Crippen LogP contribution is -2.54. The van der Waals surface area contributed by atoms with Crippen molar-refractivity contribution in [3.05, 3.63) is 24.0 Å². The third-order valence-electron chi connectivity index (χ3n) is 4.52. The third kappa shape index (κ3) is 3.93. The first-order chi connectivity index (χ1) is 10.9. The Bertz CT molecular complexity index is 585. The zero-order valence-electron chi connectivity index (χ0n) is 13.6. The van der Waals surface area contributed by atoms with Crippen molar-refractivity contribution in [2.45, 2.75) is 38.3 Å². The molecule has 126 valence electrons. The molecule has 0 spiro atoms. The summed E-state index contributed by atoms with van der Waals surface area (Å²) < 4.78 is 24.8. The average molecular weight is 322 g/mol. The zero-order valence-corrected chi connectivity index (χ0v) is 13.6. The fraction of sp³-hybridized carbons (Fsp3) is 0.588. The number of nitrogens with zero attached hydrogens (tertiary/aromatic N) is 1. The van der Waals surface area contributed by atoms with Gasteiger partial charge in [-0.25, -0.2) is 4.39 Å². The van der Waals surface area contributed by atoms with Crippen molar-refractivity contribution in [2.75, 3.05) is 26.2 Å². The van der Waals surface area contributed by atoms with Crippen LogP contribution in [0.25, 0.3) is 0 Å². The molecule has 3 rings (SSSR count). The van der Waals surface area contributed by atoms with E-state index in [0.29, 0.717) is 18.1 Å². The van der Waals surface area contributed by atoms with E-state index in [1.54, 1.807) is 13.0 Å². The average Bonchev–Trinajstić information content (AvgIpc) is 2.48. The molecule has 1 aromatic carbocycles. The van der Waals surface area contributed by atoms with E-state index in [9.17, 15) is 9.18 Å². The maximum absolute atomic E-state index is 13.3. The molecule has 1 atom stereocenters. The number of fused-ring (bicyclic) bond motifs is 1. The highest BCUT2D eigenvalue weighted by Gasteiger charge is 2.32. The lowest BCUT2D eigenvalue weighted by Gasteiger charge is -2.41. The van der Waals surface area contributed by atoms with Crippen LogP contribution in [-0.2, 0) is 4.79 Å². The maximum Gasteiger partial charge on any atom is 0.217 e. The number of ether oxygens (including phenoxy) is 2. The number of amides is 1. The number of halogens is 1. The predicted octanol–water partition coefficient (Wildman–Crippen LogP) is 1.96. The van der Waals surface area contributed by atoms with Crippen molar-refractivity contribution in [1.29, 1.82) is 0 Å². The summed E-state index contributed by atoms with van der Waals surface area (Å²) >= 11 is 0. The number of carbonyl (C=O) groups is 1. The number of nitrogens with one attached hydrogen (secondary N) is 1. The molecule has 0 saturated carbocycles. The van der Waals surface area contributed by atoms with Crippen molar-refractivity contribution < 1.29 is 18.7 Å². The van der Waals surface area contributed by atoms with Gasteiger partial charge in [0.2, 0.25) is 5.91 Å². The molecule has 5 nitrogen and oxygen atoms in total. The minimum atomic E-state index is -0.322. The molecule has 1 saturated heterocycles. The van der Waals surface area contributed by atoms with Gasteiger partial charge in [0.25, 0.3) is 0 Å². The molecule has 0 bridgehead atoms. The van der Waals surface area contributed by atoms with Gasteiger partial charge in [0.1, 0.15) is 18.5 Å². The van der Waals surface area contributed by atoms with Crippen LogP contribution in [0, 0.1) is 5.82 Å². The number of likely N-dealkylation sites (tertiary alicyclic amines) is 1. The van der Waals surface area contributed by atoms with Crippen molar-refractivity contribution in [2.24, 2.45) is 0 Å². The monoisotopic (exact) mass is 322 g/mol. The highest BCUT2D eigenvalue weighted by molar-refractivity contribution is 5.73. The molecule has 2 aliphatic rings. The topological polar surface area (TPSA) is 50.8 Å². The number of carbonyl (C=O) groups excluding carboxylic acids is 1. The predicted molar refractivity (Wildman–Crippen MR) is 84.2 cm³/mol. The summed E-state index contributed by atoms with van der Waals surface area (Å²) in [5.74, 6) is 0.765. The Hall–Kier alpha value is -1.82. The van der Waals surface area contributed by atoms with Crippen molar-refractivity contribution in [1.82, 2.24) is 10.2 Å². The molecule has 1 aromatic rings. The Morgan fingerprint density at radius 3 is 2.83 bits per heavy atom. The molecule has 1 fully saturated rings. The lowest BCUT2D eigenvalue weighted by molar-refractivity contribution is -0.121. The second kappa shape index (κ2) is 6.35. The summed E-state index contributed by atoms with van der Waals surface area (Å²) in [7, 11) is 0. The summed E-state index contributed by atoms with van der Waals surface area (Å²) in [5, 5.41) is 3.04. The molecular formula is C17H23FN2O3. The third-order valence-corrected chi connectivity index (χ3v) is 4.52. The van der Waals surface area contributed by atoms with Crippen molar-refractivity contribution in [3.8, 4) is 11.5 Å². The maximum atomic E-state index is 13.3. The Balaban J connectivity index is 1.53. The lowest BCUT2D eigenvalue weighted by atomic mass is 9.89. The van der Waals surface area contributed by atoms with Gasteiger partial charge in [-0.05, 0) is 31.9 Å². The number of hydrogen-bond donors (Lipinski definition) is 1. The highest BCUT2D eigenvalue weighted by Crippen LogP contribution is 2.32. The van der Waals surface area contributed by atoms with Crippen LogP contribution in [0.2, 0.25) is 0 Å². The normalized spacial score (nSPS) is 23.3. The first-order valence-corrected chi connectivity index (χ1v) is 8.04. The first kappa shape index (κ1) is 16.1. The van der Waals surface area contributed by atoms with E-state index in [0.717, 1.165) is 32.5 Å². The van der Waals surface area contributed by atoms with Crippen LogP contribution < -0.4 is 14.8 Å². The Labute approximate surface area is 135 Å². The number of piperidine rings is 1. The Morgan fingerprint density at radius 2 is 2.13 bits per heavy atom. The van der Waals surface area contributed by atoms with Gasteiger partial charge in [-0.2, -0.15) is 0 Å². The Morgan fingerprint density at radius 1 is 1.39 bits per heavy atom. The van der Waals surface area contributed by atoms with Gasteiger partial charge < -0.3 is 14.8 Å². The molecule has 0 unspecified atom stereocenters. The van der Waals surface area contributed by atoms with Crippen molar-refractivity contribution in [3.63, 3.8) is 0 Å². The minimum absolute atomic E-state index is 0.0172. The molecule has 0 aliphatic carbocycles. The number of benzene rings is 1. The van der Waals surface area contributed by atoms with Gasteiger partial charge in [-0.3, -0.25) is 9.69 Å². The smallest absolute Gasteiger partial charge is 0.217 e. The van der Waals surface area contributed by atoms with Crippen LogP contribution in [0.3, 0.4) is 0 Å². The fourth-order valence-corrected chi connectivity index (χ4v) is 3.25. The van der Waals surface area contributed by atoms with Gasteiger partial charge in [-0.15, -0.1) is 0 Å². The second-order valence-electron chi connectivity index (χ2n) is 6.68. The summed E-state index contributed by atoms with van der Waals surface area (Å²) in [4.78, 5) is 13.6. The van der Waals surface area contributed by atoms with Gasteiger partial charge in [0.05, 0.1) is 0 Å². The van der Waals surface area contributed by atoms with E-state index in [1.807, 2.05) is 0 Å². The van der Waals surface area contributed by atoms with Gasteiger partial charge >= 0.3 is 0 Å². The van der Waals surface area contributed by atoms with Crippen LogP contribution in [-0.4, -0.2) is 48.7 Å². The van der Waals surface area contributed by atoms with E-state index in [4.69, 9.17) is 9.47 Å². The molecule has 2 heterocycles. The highest BCUT2D eigenvalue weighted by atomic mass is 19.1. The van der Waals surface area contributed by atoms with Gasteiger partial charge in [0, 0.05) is 38.2 Å². The first-order valence-electron chi connectivity index (χ1n) is 8.04. The summed E-state index contributed by atoms with van der Waals surface area (Å²) in [5.41, 5.74) is -0.123. The van der Waals surface area contributed by atoms with Crippen LogP contribution >= 0.6 is 0 Å². The van der Waals surface area contributed by atoms with Crippen LogP contribution in [0.5, 0.6) is 11.5 Å². The molecule has 1 amide bonds. The molecule has 2 aliphatic heterocycles. The van der Waals surface area contributed by atoms with Crippen LogP contribution in [0.15, 0.2) is 18.2 Å². The number of rotatable bonds is 3. The molecule has 0 aromatic heterocycles. The quantitative estimate of drug-likeness (QED) is 0.924. The fourth-order valence-electron chi connectivity index (χ4n) is 3.25. The van der Waals surface area contributed by atoms with Crippen LogP contribution in [0.4, 0.5) is 4.39 Å². The molecule has 6 heteroatoms. The van der Waals surface area contributed by atoms with Gasteiger partial charge in [-0.1, -0.05) is 0 Å². The summed E-state index contributed by atoms with van der Waals surface area (Å²) in [6.07, 6.45) is 1.71. The Kier molecular flexibility index (Phi) is 4.43. The van der Waals surface area contributed by atoms with E-state index >= 15 is 0 Å². The number of hydrogen-bond acceptors (Lipinski definition) is 4. The largest absolute Gasteiger partial charge is 0.486 e. The molecule has 1 N–H and O–H groups in total. The van der Waals surface area contributed by atoms with E-state index in [2.05, 4.69) is 17.1 Å². The van der Waals surface area contributed by atoms with E-state index in [1.165, 1.54) is 12.1 Å². The minimum Gasteiger partial charge on any atom is -0.486 e. The van der Waals surface area contributed by atoms with Crippen molar-refractivity contribution >= 4 is 5.91 Å². The SMILES string of the molecule is CC(=O)NC1(C)CCN(C[C@H]2COc3ccc(F)cc3O2)CC1. The summed E-state index contributed by atoms with van der Waals surface area (Å²) in [6.45, 7) is 6.65. The molecular weight excluding hydrogens is 299 g/mol. The standard InChI is InChI=1S/C17H23FN2O3/c1-12(21)19-17(2)5-7-20(8-6-17)10-14-11-22-15-4-3-13(18)9-16(15)23-14/h3-4,9,14H,5-8,10-11H2,1-2H3,(H,19,21)/t14-/m0/s1. The second-order valence-corrected chi connectivity index (χ2v) is 6.68. The van der Waals surface area contributed by atoms with E-state index < -0.39 is 0 Å².